The standard InChI is InChI=1S/C29H33ClN6O3/c1-19-24(15-21(30)16-32-19)28(37)34-22-9-7-20(8-10-22)18-35-25-5-3-4-6-26(25)36(29(35)38)23-11-12-27(33-17-23)31-13-14-39-2/h3-6,11-12,15-17,20,22H,7-10,13-14,18H2,1-2H3,(H,31,33)(H,34,37). The van der Waals surface area contributed by atoms with Gasteiger partial charge in [-0.1, -0.05) is 23.7 Å². The average molecular weight is 549 g/mol. The molecular formula is C29H33ClN6O3. The van der Waals surface area contributed by atoms with Gasteiger partial charge in [-0.3, -0.25) is 18.9 Å². The second kappa shape index (κ2) is 12.0. The number of aryl methyl sites for hydroxylation is 1. The van der Waals surface area contributed by atoms with Crippen LogP contribution in [0.3, 0.4) is 0 Å². The second-order valence-corrected chi connectivity index (χ2v) is 10.5. The molecule has 0 unspecified atom stereocenters. The normalized spacial score (nSPS) is 17.3. The summed E-state index contributed by atoms with van der Waals surface area (Å²) >= 11 is 6.04. The van der Waals surface area contributed by atoms with Crippen LogP contribution >= 0.6 is 11.6 Å². The molecule has 0 saturated heterocycles. The lowest BCUT2D eigenvalue weighted by Crippen LogP contribution is -2.39. The molecule has 4 aromatic rings. The first-order valence-electron chi connectivity index (χ1n) is 13.3. The first-order valence-corrected chi connectivity index (χ1v) is 13.6. The molecule has 3 aromatic heterocycles. The van der Waals surface area contributed by atoms with Gasteiger partial charge in [0.2, 0.25) is 0 Å². The van der Waals surface area contributed by atoms with Gasteiger partial charge < -0.3 is 15.4 Å². The van der Waals surface area contributed by atoms with E-state index in [1.165, 1.54) is 0 Å². The van der Waals surface area contributed by atoms with Crippen molar-refractivity contribution in [3.8, 4) is 5.69 Å². The zero-order valence-corrected chi connectivity index (χ0v) is 22.9. The molecule has 9 nitrogen and oxygen atoms in total. The number of amides is 1. The molecule has 0 spiro atoms. The maximum absolute atomic E-state index is 13.7. The first kappa shape index (κ1) is 26.9. The number of rotatable bonds is 9. The summed E-state index contributed by atoms with van der Waals surface area (Å²) < 4.78 is 8.68. The van der Waals surface area contributed by atoms with Crippen molar-refractivity contribution in [2.24, 2.45) is 5.92 Å². The van der Waals surface area contributed by atoms with Crippen molar-refractivity contribution in [3.05, 3.63) is 81.6 Å². The smallest absolute Gasteiger partial charge is 0.333 e. The third-order valence-electron chi connectivity index (χ3n) is 7.37. The maximum Gasteiger partial charge on any atom is 0.333 e. The number of ether oxygens (including phenoxy) is 1. The second-order valence-electron chi connectivity index (χ2n) is 10.0. The lowest BCUT2D eigenvalue weighted by molar-refractivity contribution is 0.0919. The molecule has 204 valence electrons. The van der Waals surface area contributed by atoms with Gasteiger partial charge in [-0.25, -0.2) is 9.78 Å². The number of imidazole rings is 1. The van der Waals surface area contributed by atoms with E-state index < -0.39 is 0 Å². The number of carbonyl (C=O) groups is 1. The van der Waals surface area contributed by atoms with Crippen LogP contribution < -0.4 is 16.3 Å². The van der Waals surface area contributed by atoms with Gasteiger partial charge in [-0.15, -0.1) is 0 Å². The SMILES string of the molecule is COCCNc1ccc(-n2c(=O)n(CC3CCC(NC(=O)c4cc(Cl)cnc4C)CC3)c3ccccc32)cn1. The Morgan fingerprint density at radius 1 is 1.08 bits per heavy atom. The number of hydrogen-bond donors (Lipinski definition) is 2. The van der Waals surface area contributed by atoms with Gasteiger partial charge in [0.05, 0.1) is 45.8 Å². The van der Waals surface area contributed by atoms with Crippen LogP contribution in [0.5, 0.6) is 0 Å². The highest BCUT2D eigenvalue weighted by molar-refractivity contribution is 6.30. The predicted molar refractivity (Wildman–Crippen MR) is 153 cm³/mol. The maximum atomic E-state index is 13.7. The molecule has 1 aromatic carbocycles. The van der Waals surface area contributed by atoms with Crippen LogP contribution in [-0.4, -0.2) is 51.3 Å². The van der Waals surface area contributed by atoms with Crippen LogP contribution in [0.15, 0.2) is 59.7 Å². The van der Waals surface area contributed by atoms with E-state index in [1.54, 1.807) is 37.1 Å². The molecular weight excluding hydrogens is 516 g/mol. The third-order valence-corrected chi connectivity index (χ3v) is 7.58. The molecule has 2 N–H and O–H groups in total. The van der Waals surface area contributed by atoms with E-state index in [-0.39, 0.29) is 17.6 Å². The molecule has 0 atom stereocenters. The number of aromatic nitrogens is 4. The molecule has 1 fully saturated rings. The number of carbonyl (C=O) groups excluding carboxylic acids is 1. The van der Waals surface area contributed by atoms with Crippen LogP contribution in [-0.2, 0) is 11.3 Å². The molecule has 0 radical (unpaired) electrons. The Labute approximate surface area is 232 Å². The summed E-state index contributed by atoms with van der Waals surface area (Å²) in [5, 5.41) is 6.80. The Hall–Kier alpha value is -3.69. The van der Waals surface area contributed by atoms with E-state index >= 15 is 0 Å². The van der Waals surface area contributed by atoms with E-state index in [9.17, 15) is 9.59 Å². The molecule has 3 heterocycles. The summed E-state index contributed by atoms with van der Waals surface area (Å²) in [5.74, 6) is 0.937. The van der Waals surface area contributed by atoms with Gasteiger partial charge >= 0.3 is 5.69 Å². The fourth-order valence-electron chi connectivity index (χ4n) is 5.29. The van der Waals surface area contributed by atoms with Crippen molar-refractivity contribution in [2.75, 3.05) is 25.6 Å². The van der Waals surface area contributed by atoms with Crippen molar-refractivity contribution in [2.45, 2.75) is 45.2 Å². The highest BCUT2D eigenvalue weighted by atomic mass is 35.5. The van der Waals surface area contributed by atoms with Gasteiger partial charge in [-0.2, -0.15) is 0 Å². The summed E-state index contributed by atoms with van der Waals surface area (Å²) in [6, 6.07) is 13.4. The predicted octanol–water partition coefficient (Wildman–Crippen LogP) is 4.59. The Bertz CT molecular complexity index is 1510. The number of fused-ring (bicyclic) bond motifs is 1. The Kier molecular flexibility index (Phi) is 8.28. The number of halogens is 1. The van der Waals surface area contributed by atoms with E-state index in [2.05, 4.69) is 20.6 Å². The zero-order chi connectivity index (χ0) is 27.4. The van der Waals surface area contributed by atoms with Crippen molar-refractivity contribution in [1.29, 1.82) is 0 Å². The summed E-state index contributed by atoms with van der Waals surface area (Å²) in [6.07, 6.45) is 6.83. The molecule has 10 heteroatoms. The number of nitrogens with zero attached hydrogens (tertiary/aromatic N) is 4. The van der Waals surface area contributed by atoms with Crippen LogP contribution in [0.1, 0.15) is 41.7 Å². The van der Waals surface area contributed by atoms with Gasteiger partial charge in [0, 0.05) is 32.4 Å². The number of benzene rings is 1. The highest BCUT2D eigenvalue weighted by Crippen LogP contribution is 2.28. The third kappa shape index (κ3) is 5.99. The molecule has 1 aliphatic rings. The fraction of sp³-hybridized carbons (Fsp3) is 0.379. The van der Waals surface area contributed by atoms with Crippen LogP contribution in [0, 0.1) is 12.8 Å². The lowest BCUT2D eigenvalue weighted by Gasteiger charge is -2.29. The number of methoxy groups -OCH3 is 1. The number of nitrogens with one attached hydrogen (secondary N) is 2. The minimum atomic E-state index is -0.140. The van der Waals surface area contributed by atoms with Crippen LogP contribution in [0.4, 0.5) is 5.82 Å². The molecule has 39 heavy (non-hydrogen) atoms. The molecule has 5 rings (SSSR count). The van der Waals surface area contributed by atoms with E-state index in [0.717, 1.165) is 48.2 Å². The number of hydrogen-bond acceptors (Lipinski definition) is 6. The van der Waals surface area contributed by atoms with E-state index in [4.69, 9.17) is 16.3 Å². The first-order chi connectivity index (χ1) is 18.9. The Balaban J connectivity index is 1.28. The largest absolute Gasteiger partial charge is 0.383 e. The van der Waals surface area contributed by atoms with Gasteiger partial charge in [-0.05, 0) is 68.9 Å². The van der Waals surface area contributed by atoms with Crippen molar-refractivity contribution >= 4 is 34.4 Å². The zero-order valence-electron chi connectivity index (χ0n) is 22.2. The molecule has 0 bridgehead atoms. The van der Waals surface area contributed by atoms with Crippen molar-refractivity contribution in [3.63, 3.8) is 0 Å². The van der Waals surface area contributed by atoms with E-state index in [1.807, 2.05) is 41.0 Å². The average Bonchev–Trinajstić information content (AvgIpc) is 3.22. The molecule has 1 saturated carbocycles. The number of para-hydroxylation sites is 2. The van der Waals surface area contributed by atoms with Gasteiger partial charge in [0.1, 0.15) is 5.82 Å². The fourth-order valence-corrected chi connectivity index (χ4v) is 5.44. The van der Waals surface area contributed by atoms with Gasteiger partial charge in [0.15, 0.2) is 0 Å². The Morgan fingerprint density at radius 2 is 1.85 bits per heavy atom. The monoisotopic (exact) mass is 548 g/mol. The van der Waals surface area contributed by atoms with Gasteiger partial charge in [0.25, 0.3) is 5.91 Å². The minimum absolute atomic E-state index is 0.0718. The molecule has 1 aliphatic carbocycles. The summed E-state index contributed by atoms with van der Waals surface area (Å²) in [7, 11) is 1.66. The highest BCUT2D eigenvalue weighted by Gasteiger charge is 2.25. The van der Waals surface area contributed by atoms with Crippen molar-refractivity contribution in [1.82, 2.24) is 24.4 Å². The Morgan fingerprint density at radius 3 is 2.56 bits per heavy atom. The van der Waals surface area contributed by atoms with Crippen molar-refractivity contribution < 1.29 is 9.53 Å². The minimum Gasteiger partial charge on any atom is -0.383 e. The van der Waals surface area contributed by atoms with Crippen LogP contribution in [0.2, 0.25) is 5.02 Å². The topological polar surface area (TPSA) is 103 Å². The summed E-state index contributed by atoms with van der Waals surface area (Å²) in [5.41, 5.74) is 3.59. The lowest BCUT2D eigenvalue weighted by atomic mass is 9.85. The van der Waals surface area contributed by atoms with Crippen LogP contribution in [0.25, 0.3) is 16.7 Å². The quantitative estimate of drug-likeness (QED) is 0.297. The summed E-state index contributed by atoms with van der Waals surface area (Å²) in [4.78, 5) is 35.1. The number of pyridine rings is 2. The van der Waals surface area contributed by atoms with E-state index in [0.29, 0.717) is 41.9 Å². The molecule has 0 aliphatic heterocycles. The summed E-state index contributed by atoms with van der Waals surface area (Å²) in [6.45, 7) is 3.68. The number of anilines is 1. The molecule has 1 amide bonds.